The lowest BCUT2D eigenvalue weighted by atomic mass is 9.93. The predicted octanol–water partition coefficient (Wildman–Crippen LogP) is 4.10. The molecule has 0 radical (unpaired) electrons. The Kier molecular flexibility index (Phi) is 9.27. The lowest BCUT2D eigenvalue weighted by molar-refractivity contribution is -0.140. The van der Waals surface area contributed by atoms with E-state index in [0.29, 0.717) is 0 Å². The molecule has 1 fully saturated rings. The number of piperazine rings is 1. The molecule has 0 spiro atoms. The van der Waals surface area contributed by atoms with Crippen LogP contribution in [0.1, 0.15) is 31.0 Å². The second-order valence-electron chi connectivity index (χ2n) is 6.94. The molecule has 3 rings (SSSR count). The molecule has 1 heterocycles. The average Bonchev–Trinajstić information content (AvgIpc) is 2.61. The second kappa shape index (κ2) is 10.7. The fourth-order valence-electron chi connectivity index (χ4n) is 3.82. The molecule has 148 valence electrons. The monoisotopic (exact) mass is 410 g/mol. The van der Waals surface area contributed by atoms with Crippen molar-refractivity contribution < 1.29 is 9.90 Å². The largest absolute Gasteiger partial charge is 0.480 e. The number of hydrogen-bond acceptors (Lipinski definition) is 3. The van der Waals surface area contributed by atoms with E-state index >= 15 is 0 Å². The van der Waals surface area contributed by atoms with Gasteiger partial charge >= 0.3 is 5.97 Å². The Morgan fingerprint density at radius 3 is 1.85 bits per heavy atom. The highest BCUT2D eigenvalue weighted by molar-refractivity contribution is 5.85. The van der Waals surface area contributed by atoms with Crippen LogP contribution in [0.15, 0.2) is 60.7 Å². The van der Waals surface area contributed by atoms with Gasteiger partial charge in [-0.25, -0.2) is 0 Å². The molecule has 1 aliphatic heterocycles. The summed E-state index contributed by atoms with van der Waals surface area (Å²) in [4.78, 5) is 15.7. The molecule has 6 heteroatoms. The first kappa shape index (κ1) is 23.4. The molecular weight excluding hydrogens is 383 g/mol. The maximum Gasteiger partial charge on any atom is 0.317 e. The van der Waals surface area contributed by atoms with Crippen LogP contribution < -0.4 is 0 Å². The number of hydrogen-bond donors (Lipinski definition) is 1. The van der Waals surface area contributed by atoms with Crippen LogP contribution in [-0.4, -0.2) is 52.6 Å². The van der Waals surface area contributed by atoms with Gasteiger partial charge in [0.2, 0.25) is 0 Å². The van der Waals surface area contributed by atoms with E-state index in [-0.39, 0.29) is 49.5 Å². The summed E-state index contributed by atoms with van der Waals surface area (Å²) < 4.78 is 0. The standard InChI is InChI=1S/C21H26N2O2.2ClH/c1-16-14-23(17(2)13-22(16)15-20(24)25)21(18-9-5-3-6-10-18)19-11-7-4-8-12-19;;/h3-12,16-17,21H,13-15H2,1-2H3,(H,24,25);2*1H. The number of aliphatic carboxylic acids is 1. The molecular formula is C21H28Cl2N2O2. The number of carboxylic acid groups (broad SMARTS) is 1. The van der Waals surface area contributed by atoms with Crippen LogP contribution in [0.25, 0.3) is 0 Å². The molecule has 0 saturated carbocycles. The second-order valence-corrected chi connectivity index (χ2v) is 6.94. The quantitative estimate of drug-likeness (QED) is 0.805. The minimum Gasteiger partial charge on any atom is -0.480 e. The summed E-state index contributed by atoms with van der Waals surface area (Å²) in [6.07, 6.45) is 0. The van der Waals surface area contributed by atoms with Crippen molar-refractivity contribution in [3.8, 4) is 0 Å². The van der Waals surface area contributed by atoms with Crippen LogP contribution in [0, 0.1) is 0 Å². The van der Waals surface area contributed by atoms with E-state index in [1.807, 2.05) is 12.1 Å². The van der Waals surface area contributed by atoms with Gasteiger partial charge in [0.25, 0.3) is 0 Å². The predicted molar refractivity (Wildman–Crippen MR) is 114 cm³/mol. The minimum absolute atomic E-state index is 0. The number of carbonyl (C=O) groups is 1. The van der Waals surface area contributed by atoms with Gasteiger partial charge in [0.1, 0.15) is 0 Å². The zero-order chi connectivity index (χ0) is 17.8. The van der Waals surface area contributed by atoms with E-state index in [4.69, 9.17) is 5.11 Å². The molecule has 27 heavy (non-hydrogen) atoms. The molecule has 2 unspecified atom stereocenters. The highest BCUT2D eigenvalue weighted by Crippen LogP contribution is 2.32. The Hall–Kier alpha value is -1.59. The highest BCUT2D eigenvalue weighted by Gasteiger charge is 2.35. The molecule has 2 atom stereocenters. The molecule has 0 bridgehead atoms. The zero-order valence-corrected chi connectivity index (χ0v) is 17.3. The summed E-state index contributed by atoms with van der Waals surface area (Å²) in [5.41, 5.74) is 2.55. The van der Waals surface area contributed by atoms with E-state index in [9.17, 15) is 4.79 Å². The summed E-state index contributed by atoms with van der Waals surface area (Å²) in [6, 6.07) is 21.8. The van der Waals surface area contributed by atoms with Crippen molar-refractivity contribution in [1.82, 2.24) is 9.80 Å². The first-order valence-corrected chi connectivity index (χ1v) is 8.87. The normalized spacial score (nSPS) is 20.6. The Morgan fingerprint density at radius 1 is 0.926 bits per heavy atom. The van der Waals surface area contributed by atoms with Gasteiger partial charge in [-0.2, -0.15) is 0 Å². The molecule has 0 aliphatic carbocycles. The third kappa shape index (κ3) is 5.69. The topological polar surface area (TPSA) is 43.8 Å². The Labute approximate surface area is 174 Å². The lowest BCUT2D eigenvalue weighted by Crippen LogP contribution is -2.58. The van der Waals surface area contributed by atoms with Crippen LogP contribution >= 0.6 is 24.8 Å². The molecule has 0 aromatic heterocycles. The van der Waals surface area contributed by atoms with Gasteiger partial charge in [-0.3, -0.25) is 14.6 Å². The molecule has 1 saturated heterocycles. The summed E-state index contributed by atoms with van der Waals surface area (Å²) in [7, 11) is 0. The molecule has 2 aromatic carbocycles. The molecule has 1 N–H and O–H groups in total. The first-order valence-electron chi connectivity index (χ1n) is 8.87. The Bertz CT molecular complexity index is 660. The third-order valence-electron chi connectivity index (χ3n) is 5.06. The van der Waals surface area contributed by atoms with Gasteiger partial charge < -0.3 is 5.11 Å². The van der Waals surface area contributed by atoms with Gasteiger partial charge in [0.05, 0.1) is 12.6 Å². The summed E-state index contributed by atoms with van der Waals surface area (Å²) in [5.74, 6) is -0.754. The first-order chi connectivity index (χ1) is 12.1. The molecule has 4 nitrogen and oxygen atoms in total. The van der Waals surface area contributed by atoms with Gasteiger partial charge in [0.15, 0.2) is 0 Å². The summed E-state index contributed by atoms with van der Waals surface area (Å²) in [6.45, 7) is 6.04. The van der Waals surface area contributed by atoms with Crippen LogP contribution in [-0.2, 0) is 4.79 Å². The Morgan fingerprint density at radius 2 is 1.41 bits per heavy atom. The fraction of sp³-hybridized carbons (Fsp3) is 0.381. The minimum atomic E-state index is -0.754. The lowest BCUT2D eigenvalue weighted by Gasteiger charge is -2.47. The summed E-state index contributed by atoms with van der Waals surface area (Å²) >= 11 is 0. The molecule has 2 aromatic rings. The maximum absolute atomic E-state index is 11.1. The van der Waals surface area contributed by atoms with E-state index in [1.165, 1.54) is 11.1 Å². The SMILES string of the molecule is CC1CN(C(c2ccccc2)c2ccccc2)C(C)CN1CC(=O)O.Cl.Cl. The average molecular weight is 411 g/mol. The van der Waals surface area contributed by atoms with E-state index in [2.05, 4.69) is 72.2 Å². The maximum atomic E-state index is 11.1. The van der Waals surface area contributed by atoms with Crippen LogP contribution in [0.4, 0.5) is 0 Å². The van der Waals surface area contributed by atoms with E-state index in [1.54, 1.807) is 0 Å². The van der Waals surface area contributed by atoms with Crippen molar-refractivity contribution in [3.05, 3.63) is 71.8 Å². The number of rotatable bonds is 5. The van der Waals surface area contributed by atoms with Gasteiger partial charge in [0, 0.05) is 25.2 Å². The van der Waals surface area contributed by atoms with Crippen molar-refractivity contribution in [2.45, 2.75) is 32.0 Å². The number of benzene rings is 2. The van der Waals surface area contributed by atoms with Gasteiger partial charge in [-0.1, -0.05) is 60.7 Å². The number of nitrogens with zero attached hydrogens (tertiary/aromatic N) is 2. The number of halogens is 2. The van der Waals surface area contributed by atoms with Crippen LogP contribution in [0.2, 0.25) is 0 Å². The van der Waals surface area contributed by atoms with Crippen molar-refractivity contribution in [3.63, 3.8) is 0 Å². The zero-order valence-electron chi connectivity index (χ0n) is 15.7. The van der Waals surface area contributed by atoms with Gasteiger partial charge in [-0.15, -0.1) is 24.8 Å². The Balaban J connectivity index is 0.00000182. The van der Waals surface area contributed by atoms with Crippen LogP contribution in [0.3, 0.4) is 0 Å². The third-order valence-corrected chi connectivity index (χ3v) is 5.06. The fourth-order valence-corrected chi connectivity index (χ4v) is 3.82. The molecule has 1 aliphatic rings. The van der Waals surface area contributed by atoms with Crippen LogP contribution in [0.5, 0.6) is 0 Å². The number of carboxylic acids is 1. The summed E-state index contributed by atoms with van der Waals surface area (Å²) in [5, 5.41) is 9.15. The van der Waals surface area contributed by atoms with Crippen molar-refractivity contribution in [2.75, 3.05) is 19.6 Å². The highest BCUT2D eigenvalue weighted by atomic mass is 35.5. The van der Waals surface area contributed by atoms with Gasteiger partial charge in [-0.05, 0) is 25.0 Å². The van der Waals surface area contributed by atoms with Crippen molar-refractivity contribution in [2.24, 2.45) is 0 Å². The van der Waals surface area contributed by atoms with E-state index < -0.39 is 5.97 Å². The van der Waals surface area contributed by atoms with Crippen molar-refractivity contribution >= 4 is 30.8 Å². The van der Waals surface area contributed by atoms with E-state index in [0.717, 1.165) is 13.1 Å². The van der Waals surface area contributed by atoms with Crippen molar-refractivity contribution in [1.29, 1.82) is 0 Å². The molecule has 0 amide bonds. The smallest absolute Gasteiger partial charge is 0.317 e.